The lowest BCUT2D eigenvalue weighted by molar-refractivity contribution is -0.0417. The lowest BCUT2D eigenvalue weighted by atomic mass is 10.2. The molecule has 0 unspecified atom stereocenters. The maximum atomic E-state index is 12.5. The number of aliphatic hydroxyl groups excluding tert-OH is 2. The van der Waals surface area contributed by atoms with Gasteiger partial charge in [-0.3, -0.25) is 9.36 Å². The number of imidazole rings is 1. The number of hydrogen-bond donors (Lipinski definition) is 3. The summed E-state index contributed by atoms with van der Waals surface area (Å²) in [7, 11) is -2.78. The maximum Gasteiger partial charge on any atom is 0.256 e. The molecule has 156 valence electrons. The highest BCUT2D eigenvalue weighted by Crippen LogP contribution is 2.30. The van der Waals surface area contributed by atoms with Gasteiger partial charge in [0.2, 0.25) is 10.3 Å². The third-order valence-electron chi connectivity index (χ3n) is 4.62. The average Bonchev–Trinajstić information content (AvgIpc) is 3.29. The first-order valence-electron chi connectivity index (χ1n) is 8.88. The summed E-state index contributed by atoms with van der Waals surface area (Å²) in [4.78, 5) is 24.9. The van der Waals surface area contributed by atoms with Gasteiger partial charge >= 0.3 is 0 Å². The summed E-state index contributed by atoms with van der Waals surface area (Å²) in [6, 6.07) is 8.53. The molecule has 0 radical (unpaired) electrons. The molecule has 30 heavy (non-hydrogen) atoms. The van der Waals surface area contributed by atoms with Crippen LogP contribution < -0.4 is 5.32 Å². The van der Waals surface area contributed by atoms with Gasteiger partial charge in [0.05, 0.1) is 12.9 Å². The SMILES string of the molecule is Cc1nc(NC(=O)c2ccccc2)c2ncn([C@@H]3O[C@H](CO)[C@@H](O)C3=S(=O)=O)c2n1. The number of anilines is 1. The van der Waals surface area contributed by atoms with E-state index in [0.29, 0.717) is 11.4 Å². The molecule has 1 aromatic carbocycles. The topological polar surface area (TPSA) is 157 Å². The van der Waals surface area contributed by atoms with Crippen LogP contribution in [0.1, 0.15) is 22.4 Å². The first kappa shape index (κ1) is 20.1. The largest absolute Gasteiger partial charge is 0.394 e. The van der Waals surface area contributed by atoms with Crippen LogP contribution in [0.2, 0.25) is 0 Å². The molecular weight excluding hydrogens is 414 g/mol. The number of nitrogens with one attached hydrogen (secondary N) is 1. The molecule has 0 spiro atoms. The minimum Gasteiger partial charge on any atom is -0.394 e. The van der Waals surface area contributed by atoms with Crippen LogP contribution in [0.15, 0.2) is 36.7 Å². The normalized spacial score (nSPS) is 21.2. The van der Waals surface area contributed by atoms with Crippen molar-refractivity contribution in [3.63, 3.8) is 0 Å². The molecule has 11 nitrogen and oxygen atoms in total. The van der Waals surface area contributed by atoms with Crippen molar-refractivity contribution < 1.29 is 28.2 Å². The number of nitrogens with zero attached hydrogens (tertiary/aromatic N) is 4. The molecule has 1 saturated heterocycles. The molecule has 0 aliphatic carbocycles. The number of aryl methyl sites for hydroxylation is 1. The number of benzene rings is 1. The van der Waals surface area contributed by atoms with Gasteiger partial charge in [-0.25, -0.2) is 15.0 Å². The standard InChI is InChI=1S/C18H17N5O6S/c1-9-20-15(22-17(26)10-5-3-2-4-6-10)12-16(21-9)23(8-19-12)18-14(30(27)28)13(25)11(7-24)29-18/h2-6,8,11,13,18,24-25H,7H2,1H3,(H,20,21,22,26)/t11-,13-,18-/m1/s1. The Morgan fingerprint density at radius 3 is 2.67 bits per heavy atom. The molecule has 4 rings (SSSR count). The highest BCUT2D eigenvalue weighted by atomic mass is 32.2. The second kappa shape index (κ2) is 7.91. The molecular formula is C18H17N5O6S. The fourth-order valence-corrected chi connectivity index (χ4v) is 3.90. The van der Waals surface area contributed by atoms with Crippen molar-refractivity contribution in [2.45, 2.75) is 25.4 Å². The zero-order chi connectivity index (χ0) is 21.4. The fourth-order valence-electron chi connectivity index (χ4n) is 3.22. The van der Waals surface area contributed by atoms with Crippen molar-refractivity contribution >= 4 is 38.0 Å². The van der Waals surface area contributed by atoms with E-state index >= 15 is 0 Å². The van der Waals surface area contributed by atoms with Crippen molar-refractivity contribution in [3.8, 4) is 0 Å². The molecule has 12 heteroatoms. The van der Waals surface area contributed by atoms with Crippen LogP contribution in [0.4, 0.5) is 5.82 Å². The van der Waals surface area contributed by atoms with Gasteiger partial charge < -0.3 is 20.3 Å². The first-order chi connectivity index (χ1) is 14.4. The summed E-state index contributed by atoms with van der Waals surface area (Å²) in [6.45, 7) is 1.03. The summed E-state index contributed by atoms with van der Waals surface area (Å²) < 4.78 is 30.2. The minimum atomic E-state index is -2.78. The van der Waals surface area contributed by atoms with E-state index in [-0.39, 0.29) is 21.8 Å². The van der Waals surface area contributed by atoms with Crippen LogP contribution in [0.5, 0.6) is 0 Å². The van der Waals surface area contributed by atoms with Gasteiger partial charge in [-0.05, 0) is 19.1 Å². The van der Waals surface area contributed by atoms with Crippen LogP contribution in [-0.2, 0) is 15.0 Å². The van der Waals surface area contributed by atoms with Crippen molar-refractivity contribution in [2.75, 3.05) is 11.9 Å². The molecule has 1 fully saturated rings. The monoisotopic (exact) mass is 431 g/mol. The second-order valence-corrected chi connectivity index (χ2v) is 7.50. The molecule has 2 aromatic heterocycles. The summed E-state index contributed by atoms with van der Waals surface area (Å²) in [5.41, 5.74) is 0.836. The number of fused-ring (bicyclic) bond motifs is 1. The number of amides is 1. The lowest BCUT2D eigenvalue weighted by Gasteiger charge is -2.13. The average molecular weight is 431 g/mol. The molecule has 0 saturated carbocycles. The van der Waals surface area contributed by atoms with Gasteiger partial charge in [0.25, 0.3) is 5.91 Å². The zero-order valence-corrected chi connectivity index (χ0v) is 16.4. The van der Waals surface area contributed by atoms with Gasteiger partial charge in [-0.15, -0.1) is 0 Å². The predicted molar refractivity (Wildman–Crippen MR) is 105 cm³/mol. The third-order valence-corrected chi connectivity index (χ3v) is 5.44. The smallest absolute Gasteiger partial charge is 0.256 e. The number of aromatic nitrogens is 4. The van der Waals surface area contributed by atoms with Crippen molar-refractivity contribution in [2.24, 2.45) is 0 Å². The molecule has 0 bridgehead atoms. The van der Waals surface area contributed by atoms with Gasteiger partial charge in [-0.1, -0.05) is 18.2 Å². The van der Waals surface area contributed by atoms with E-state index in [1.165, 1.54) is 10.9 Å². The van der Waals surface area contributed by atoms with E-state index in [4.69, 9.17) is 4.74 Å². The molecule has 3 N–H and O–H groups in total. The van der Waals surface area contributed by atoms with Crippen molar-refractivity contribution in [1.29, 1.82) is 0 Å². The lowest BCUT2D eigenvalue weighted by Crippen LogP contribution is -2.30. The first-order valence-corrected chi connectivity index (χ1v) is 9.96. The summed E-state index contributed by atoms with van der Waals surface area (Å²) in [5, 5.41) is 22.2. The van der Waals surface area contributed by atoms with E-state index in [1.807, 2.05) is 0 Å². The Hall–Kier alpha value is -3.19. The van der Waals surface area contributed by atoms with E-state index in [0.717, 1.165) is 0 Å². The fraction of sp³-hybridized carbons (Fsp3) is 0.278. The van der Waals surface area contributed by atoms with Gasteiger partial charge in [-0.2, -0.15) is 8.42 Å². The predicted octanol–water partition coefficient (Wildman–Crippen LogP) is -0.311. The molecule has 3 heterocycles. The number of aliphatic hydroxyl groups is 2. The van der Waals surface area contributed by atoms with E-state index < -0.39 is 41.2 Å². The van der Waals surface area contributed by atoms with Crippen LogP contribution in [-0.4, -0.2) is 67.7 Å². The third kappa shape index (κ3) is 3.45. The Labute approximate surface area is 171 Å². The highest BCUT2D eigenvalue weighted by molar-refractivity contribution is 7.73. The van der Waals surface area contributed by atoms with Gasteiger partial charge in [0.1, 0.15) is 22.9 Å². The molecule has 3 aromatic rings. The van der Waals surface area contributed by atoms with E-state index in [2.05, 4.69) is 20.3 Å². The quantitative estimate of drug-likeness (QED) is 0.471. The number of rotatable bonds is 4. The summed E-state index contributed by atoms with van der Waals surface area (Å²) in [5.74, 6) is 0.0483. The second-order valence-electron chi connectivity index (χ2n) is 6.56. The van der Waals surface area contributed by atoms with E-state index in [1.54, 1.807) is 37.3 Å². The molecule has 3 atom stereocenters. The highest BCUT2D eigenvalue weighted by Gasteiger charge is 2.43. The van der Waals surface area contributed by atoms with E-state index in [9.17, 15) is 23.4 Å². The molecule has 1 aliphatic heterocycles. The number of carbonyl (C=O) groups is 1. The van der Waals surface area contributed by atoms with Gasteiger partial charge in [0.15, 0.2) is 23.2 Å². The Bertz CT molecular complexity index is 1250. The Balaban J connectivity index is 1.78. The van der Waals surface area contributed by atoms with Crippen LogP contribution in [0.25, 0.3) is 11.2 Å². The number of hydrogen-bond acceptors (Lipinski definition) is 9. The Morgan fingerprint density at radius 2 is 2.00 bits per heavy atom. The molecule has 1 aliphatic rings. The zero-order valence-electron chi connectivity index (χ0n) is 15.6. The van der Waals surface area contributed by atoms with Crippen molar-refractivity contribution in [3.05, 3.63) is 48.0 Å². The summed E-state index contributed by atoms with van der Waals surface area (Å²) in [6.07, 6.45) is -2.58. The maximum absolute atomic E-state index is 12.5. The Morgan fingerprint density at radius 1 is 1.27 bits per heavy atom. The Kier molecular flexibility index (Phi) is 5.30. The number of carbonyl (C=O) groups excluding carboxylic acids is 1. The minimum absolute atomic E-state index is 0.146. The van der Waals surface area contributed by atoms with Crippen LogP contribution in [0.3, 0.4) is 0 Å². The molecule has 1 amide bonds. The summed E-state index contributed by atoms with van der Waals surface area (Å²) >= 11 is 0. The van der Waals surface area contributed by atoms with Crippen LogP contribution in [0, 0.1) is 6.92 Å². The number of ether oxygens (including phenoxy) is 1. The van der Waals surface area contributed by atoms with Crippen LogP contribution >= 0.6 is 0 Å². The van der Waals surface area contributed by atoms with Crippen molar-refractivity contribution in [1.82, 2.24) is 19.5 Å². The van der Waals surface area contributed by atoms with Gasteiger partial charge in [0, 0.05) is 5.56 Å².